The fourth-order valence-corrected chi connectivity index (χ4v) is 1.47. The van der Waals surface area contributed by atoms with Gasteiger partial charge in [0, 0.05) is 11.6 Å². The Kier molecular flexibility index (Phi) is 4.29. The minimum Gasteiger partial charge on any atom is -0.496 e. The summed E-state index contributed by atoms with van der Waals surface area (Å²) in [4.78, 5) is 11.8. The van der Waals surface area contributed by atoms with E-state index in [2.05, 4.69) is 0 Å². The fourth-order valence-electron chi connectivity index (χ4n) is 1.30. The fraction of sp³-hybridized carbons (Fsp3) is 0.364. The van der Waals surface area contributed by atoms with E-state index in [0.717, 1.165) is 5.56 Å². The first-order valence-corrected chi connectivity index (χ1v) is 5.15. The van der Waals surface area contributed by atoms with Gasteiger partial charge >= 0.3 is 0 Å². The van der Waals surface area contributed by atoms with Gasteiger partial charge in [0.2, 0.25) is 0 Å². The molecule has 5 heteroatoms. The molecule has 0 aromatic heterocycles. The van der Waals surface area contributed by atoms with Crippen LogP contribution in [0.2, 0.25) is 5.02 Å². The molecule has 0 bridgehead atoms. The molecule has 0 saturated heterocycles. The number of hydrogen-bond acceptors (Lipinski definition) is 4. The van der Waals surface area contributed by atoms with Crippen molar-refractivity contribution in [2.75, 3.05) is 13.7 Å². The molecule has 0 aliphatic carbocycles. The number of halogens is 1. The van der Waals surface area contributed by atoms with E-state index < -0.39 is 11.9 Å². The number of methoxy groups -OCH3 is 1. The number of aliphatic hydroxyl groups excluding tert-OH is 1. The van der Waals surface area contributed by atoms with E-state index in [-0.39, 0.29) is 12.1 Å². The number of carbonyl (C=O) groups is 1. The Morgan fingerprint density at radius 2 is 2.25 bits per heavy atom. The summed E-state index contributed by atoms with van der Waals surface area (Å²) in [6.07, 6.45) is -1.23. The first kappa shape index (κ1) is 13.0. The van der Waals surface area contributed by atoms with Crippen LogP contribution in [0, 0.1) is 6.92 Å². The molecular weight excluding hydrogens is 230 g/mol. The Morgan fingerprint density at radius 3 is 2.75 bits per heavy atom. The molecule has 3 N–H and O–H groups in total. The van der Waals surface area contributed by atoms with Crippen LogP contribution in [0.3, 0.4) is 0 Å². The highest BCUT2D eigenvalue weighted by atomic mass is 35.5. The van der Waals surface area contributed by atoms with Crippen LogP contribution in [-0.4, -0.2) is 30.6 Å². The van der Waals surface area contributed by atoms with Crippen molar-refractivity contribution in [3.05, 3.63) is 28.3 Å². The van der Waals surface area contributed by atoms with E-state index in [1.807, 2.05) is 0 Å². The van der Waals surface area contributed by atoms with Crippen LogP contribution in [0.5, 0.6) is 5.75 Å². The van der Waals surface area contributed by atoms with Gasteiger partial charge in [-0.2, -0.15) is 0 Å². The van der Waals surface area contributed by atoms with Gasteiger partial charge in [-0.25, -0.2) is 0 Å². The summed E-state index contributed by atoms with van der Waals surface area (Å²) in [5.74, 6) is -0.0966. The van der Waals surface area contributed by atoms with Gasteiger partial charge in [-0.3, -0.25) is 4.79 Å². The van der Waals surface area contributed by atoms with Crippen molar-refractivity contribution in [1.29, 1.82) is 0 Å². The second-order valence-corrected chi connectivity index (χ2v) is 3.82. The summed E-state index contributed by atoms with van der Waals surface area (Å²) in [6, 6.07) is 3.13. The lowest BCUT2D eigenvalue weighted by Crippen LogP contribution is -2.29. The summed E-state index contributed by atoms with van der Waals surface area (Å²) in [7, 11) is 1.45. The highest BCUT2D eigenvalue weighted by molar-refractivity contribution is 6.31. The smallest absolute Gasteiger partial charge is 0.196 e. The molecule has 4 nitrogen and oxygen atoms in total. The normalized spacial score (nSPS) is 12.3. The Labute approximate surface area is 99.0 Å². The van der Waals surface area contributed by atoms with Crippen molar-refractivity contribution in [2.45, 2.75) is 13.0 Å². The third-order valence-corrected chi connectivity index (χ3v) is 2.68. The molecule has 1 unspecified atom stereocenters. The molecule has 0 fully saturated rings. The van der Waals surface area contributed by atoms with Crippen LogP contribution in [-0.2, 0) is 0 Å². The molecular formula is C11H14ClNO3. The van der Waals surface area contributed by atoms with Crippen LogP contribution < -0.4 is 10.5 Å². The van der Waals surface area contributed by atoms with Crippen molar-refractivity contribution >= 4 is 17.4 Å². The number of rotatable bonds is 4. The van der Waals surface area contributed by atoms with Gasteiger partial charge in [0.25, 0.3) is 0 Å². The lowest BCUT2D eigenvalue weighted by atomic mass is 10.0. The number of carbonyl (C=O) groups excluding carboxylic acids is 1. The summed E-state index contributed by atoms with van der Waals surface area (Å²) in [5, 5.41) is 9.84. The van der Waals surface area contributed by atoms with E-state index in [1.54, 1.807) is 13.0 Å². The summed E-state index contributed by atoms with van der Waals surface area (Å²) in [5.41, 5.74) is 6.27. The van der Waals surface area contributed by atoms with E-state index in [9.17, 15) is 9.90 Å². The maximum absolute atomic E-state index is 11.8. The van der Waals surface area contributed by atoms with Gasteiger partial charge in [-0.15, -0.1) is 0 Å². The number of hydrogen-bond donors (Lipinski definition) is 2. The third kappa shape index (κ3) is 2.52. The van der Waals surface area contributed by atoms with Crippen molar-refractivity contribution in [2.24, 2.45) is 5.73 Å². The van der Waals surface area contributed by atoms with Crippen molar-refractivity contribution in [1.82, 2.24) is 0 Å². The molecule has 0 saturated carbocycles. The maximum Gasteiger partial charge on any atom is 0.196 e. The molecule has 1 rings (SSSR count). The molecule has 88 valence electrons. The molecule has 0 spiro atoms. The molecule has 0 aliphatic rings. The summed E-state index contributed by atoms with van der Waals surface area (Å²) >= 11 is 5.91. The highest BCUT2D eigenvalue weighted by Crippen LogP contribution is 2.27. The zero-order valence-corrected chi connectivity index (χ0v) is 9.91. The van der Waals surface area contributed by atoms with Crippen LogP contribution in [0.15, 0.2) is 12.1 Å². The van der Waals surface area contributed by atoms with Crippen LogP contribution in [0.25, 0.3) is 0 Å². The van der Waals surface area contributed by atoms with E-state index in [0.29, 0.717) is 10.8 Å². The molecule has 0 heterocycles. The molecule has 16 heavy (non-hydrogen) atoms. The molecule has 0 radical (unpaired) electrons. The predicted molar refractivity (Wildman–Crippen MR) is 62.1 cm³/mol. The zero-order chi connectivity index (χ0) is 12.3. The first-order valence-electron chi connectivity index (χ1n) is 4.77. The number of nitrogens with two attached hydrogens (primary N) is 1. The van der Waals surface area contributed by atoms with Crippen LogP contribution in [0.4, 0.5) is 0 Å². The topological polar surface area (TPSA) is 72.5 Å². The molecule has 0 aliphatic heterocycles. The molecule has 1 atom stereocenters. The van der Waals surface area contributed by atoms with E-state index in [4.69, 9.17) is 22.1 Å². The van der Waals surface area contributed by atoms with Crippen molar-refractivity contribution < 1.29 is 14.6 Å². The highest BCUT2D eigenvalue weighted by Gasteiger charge is 2.20. The number of aryl methyl sites for hydroxylation is 1. The largest absolute Gasteiger partial charge is 0.496 e. The second-order valence-electron chi connectivity index (χ2n) is 3.42. The first-order chi connectivity index (χ1) is 7.51. The number of aliphatic hydroxyl groups is 1. The van der Waals surface area contributed by atoms with Gasteiger partial charge in [-0.1, -0.05) is 11.6 Å². The lowest BCUT2D eigenvalue weighted by molar-refractivity contribution is 0.0760. The van der Waals surface area contributed by atoms with Crippen LogP contribution >= 0.6 is 11.6 Å². The van der Waals surface area contributed by atoms with Gasteiger partial charge in [0.15, 0.2) is 5.78 Å². The SMILES string of the molecule is COc1cc(C)c(Cl)cc1C(=O)C(O)CN. The van der Waals surface area contributed by atoms with E-state index >= 15 is 0 Å². The Bertz CT molecular complexity index is 406. The Hall–Kier alpha value is -1.10. The lowest BCUT2D eigenvalue weighted by Gasteiger charge is -2.12. The Balaban J connectivity index is 3.21. The monoisotopic (exact) mass is 243 g/mol. The number of Topliss-reactive ketones (excluding diaryl/α,β-unsaturated/α-hetero) is 1. The van der Waals surface area contributed by atoms with Gasteiger partial charge < -0.3 is 15.6 Å². The van der Waals surface area contributed by atoms with Crippen molar-refractivity contribution in [3.63, 3.8) is 0 Å². The standard InChI is InChI=1S/C11H14ClNO3/c1-6-3-10(16-2)7(4-8(6)12)11(15)9(14)5-13/h3-4,9,14H,5,13H2,1-2H3. The summed E-state index contributed by atoms with van der Waals surface area (Å²) < 4.78 is 5.07. The van der Waals surface area contributed by atoms with Crippen LogP contribution in [0.1, 0.15) is 15.9 Å². The Morgan fingerprint density at radius 1 is 1.62 bits per heavy atom. The quantitative estimate of drug-likeness (QED) is 0.779. The van der Waals surface area contributed by atoms with Gasteiger partial charge in [-0.05, 0) is 24.6 Å². The van der Waals surface area contributed by atoms with Gasteiger partial charge in [0.1, 0.15) is 11.9 Å². The average Bonchev–Trinajstić information content (AvgIpc) is 2.30. The van der Waals surface area contributed by atoms with Gasteiger partial charge in [0.05, 0.1) is 12.7 Å². The summed E-state index contributed by atoms with van der Waals surface area (Å²) in [6.45, 7) is 1.67. The second kappa shape index (κ2) is 5.30. The number of ether oxygens (including phenoxy) is 1. The molecule has 1 aromatic carbocycles. The predicted octanol–water partition coefficient (Wildman–Crippen LogP) is 1.16. The van der Waals surface area contributed by atoms with E-state index in [1.165, 1.54) is 13.2 Å². The van der Waals surface area contributed by atoms with Crippen molar-refractivity contribution in [3.8, 4) is 5.75 Å². The average molecular weight is 244 g/mol. The minimum absolute atomic E-state index is 0.131. The maximum atomic E-state index is 11.8. The number of benzene rings is 1. The number of ketones is 1. The molecule has 0 amide bonds. The third-order valence-electron chi connectivity index (χ3n) is 2.27. The molecule has 1 aromatic rings. The zero-order valence-electron chi connectivity index (χ0n) is 9.16. The minimum atomic E-state index is -1.23.